The van der Waals surface area contributed by atoms with Gasteiger partial charge in [-0.3, -0.25) is 9.59 Å². The lowest BCUT2D eigenvalue weighted by Crippen LogP contribution is -2.35. The average Bonchev–Trinajstić information content (AvgIpc) is 3.01. The molecule has 1 unspecified atom stereocenters. The van der Waals surface area contributed by atoms with Gasteiger partial charge in [-0.2, -0.15) is 0 Å². The molecule has 9 nitrogen and oxygen atoms in total. The SMILES string of the molecule is COC(=O)c1ccc(C2C(=C(O)c3cnc(C)nc3C)C(=O)C(=O)N2CCN(C)C)cc1. The first kappa shape index (κ1) is 23.1. The minimum atomic E-state index is -0.817. The molecular formula is C23H26N4O5. The Morgan fingerprint density at radius 1 is 1.19 bits per heavy atom. The van der Waals surface area contributed by atoms with Crippen molar-refractivity contribution in [2.45, 2.75) is 19.9 Å². The van der Waals surface area contributed by atoms with Gasteiger partial charge in [0, 0.05) is 19.3 Å². The summed E-state index contributed by atoms with van der Waals surface area (Å²) in [7, 11) is 5.02. The number of carbonyl (C=O) groups is 3. The number of esters is 1. The van der Waals surface area contributed by atoms with E-state index in [1.165, 1.54) is 18.2 Å². The number of ketones is 1. The van der Waals surface area contributed by atoms with Crippen LogP contribution in [0.2, 0.25) is 0 Å². The number of Topliss-reactive ketones (excluding diaryl/α,β-unsaturated/α-hetero) is 1. The number of methoxy groups -OCH3 is 1. The standard InChI is InChI=1S/C23H26N4O5/c1-13-17(12-24-14(2)25-13)20(28)18-19(15-6-8-16(9-7-15)23(31)32-5)27(11-10-26(3)4)22(30)21(18)29/h6-9,12,19,28H,10-11H2,1-5H3. The predicted molar refractivity (Wildman–Crippen MR) is 117 cm³/mol. The Labute approximate surface area is 186 Å². The van der Waals surface area contributed by atoms with Crippen molar-refractivity contribution < 1.29 is 24.2 Å². The van der Waals surface area contributed by atoms with E-state index in [9.17, 15) is 19.5 Å². The molecule has 0 saturated carbocycles. The summed E-state index contributed by atoms with van der Waals surface area (Å²) in [6.07, 6.45) is 1.44. The molecule has 1 aromatic heterocycles. The van der Waals surface area contributed by atoms with Crippen molar-refractivity contribution in [1.29, 1.82) is 0 Å². The highest BCUT2D eigenvalue weighted by Gasteiger charge is 2.46. The first-order chi connectivity index (χ1) is 15.1. The predicted octanol–water partition coefficient (Wildman–Crippen LogP) is 1.86. The molecule has 32 heavy (non-hydrogen) atoms. The molecule has 2 aromatic rings. The first-order valence-corrected chi connectivity index (χ1v) is 10.1. The minimum absolute atomic E-state index is 0.0323. The molecule has 1 aliphatic rings. The van der Waals surface area contributed by atoms with Crippen molar-refractivity contribution in [3.63, 3.8) is 0 Å². The van der Waals surface area contributed by atoms with Crippen LogP contribution in [0.15, 0.2) is 36.0 Å². The van der Waals surface area contributed by atoms with E-state index in [2.05, 4.69) is 9.97 Å². The molecule has 3 rings (SSSR count). The average molecular weight is 438 g/mol. The summed E-state index contributed by atoms with van der Waals surface area (Å²) in [6, 6.07) is 5.61. The maximum atomic E-state index is 13.0. The lowest BCUT2D eigenvalue weighted by Gasteiger charge is -2.26. The Morgan fingerprint density at radius 3 is 2.41 bits per heavy atom. The van der Waals surface area contributed by atoms with E-state index in [0.717, 1.165) is 0 Å². The molecule has 1 N–H and O–H groups in total. The molecule has 1 saturated heterocycles. The molecule has 1 amide bonds. The molecule has 9 heteroatoms. The summed E-state index contributed by atoms with van der Waals surface area (Å²) >= 11 is 0. The number of aliphatic hydroxyl groups is 1. The Morgan fingerprint density at radius 2 is 1.84 bits per heavy atom. The Bertz CT molecular complexity index is 1090. The van der Waals surface area contributed by atoms with Crippen molar-refractivity contribution >= 4 is 23.4 Å². The Kier molecular flexibility index (Phi) is 6.69. The summed E-state index contributed by atoms with van der Waals surface area (Å²) < 4.78 is 4.74. The largest absolute Gasteiger partial charge is 0.507 e. The van der Waals surface area contributed by atoms with Crippen LogP contribution in [0, 0.1) is 13.8 Å². The Balaban J connectivity index is 2.16. The van der Waals surface area contributed by atoms with Crippen molar-refractivity contribution in [2.75, 3.05) is 34.3 Å². The van der Waals surface area contributed by atoms with Gasteiger partial charge in [-0.15, -0.1) is 0 Å². The summed E-state index contributed by atoms with van der Waals surface area (Å²) in [5.41, 5.74) is 1.67. The molecular weight excluding hydrogens is 412 g/mol. The molecule has 1 atom stereocenters. The van der Waals surface area contributed by atoms with Gasteiger partial charge in [0.1, 0.15) is 11.6 Å². The zero-order valence-electron chi connectivity index (χ0n) is 18.7. The summed E-state index contributed by atoms with van der Waals surface area (Å²) in [5.74, 6) is -1.76. The smallest absolute Gasteiger partial charge is 0.337 e. The van der Waals surface area contributed by atoms with Crippen molar-refractivity contribution in [2.24, 2.45) is 0 Å². The number of aryl methyl sites for hydroxylation is 2. The zero-order valence-corrected chi connectivity index (χ0v) is 18.7. The third-order valence-electron chi connectivity index (χ3n) is 5.33. The van der Waals surface area contributed by atoms with Crippen molar-refractivity contribution in [3.8, 4) is 0 Å². The van der Waals surface area contributed by atoms with E-state index in [-0.39, 0.29) is 23.4 Å². The fraction of sp³-hybridized carbons (Fsp3) is 0.348. The van der Waals surface area contributed by atoms with Crippen LogP contribution in [0.1, 0.15) is 39.0 Å². The summed E-state index contributed by atoms with van der Waals surface area (Å²) in [4.78, 5) is 49.4. The second-order valence-corrected chi connectivity index (χ2v) is 7.83. The third-order valence-corrected chi connectivity index (χ3v) is 5.33. The van der Waals surface area contributed by atoms with Crippen LogP contribution in [0.5, 0.6) is 0 Å². The molecule has 168 valence electrons. The molecule has 0 radical (unpaired) electrons. The lowest BCUT2D eigenvalue weighted by molar-refractivity contribution is -0.140. The monoisotopic (exact) mass is 438 g/mol. The van der Waals surface area contributed by atoms with Crippen LogP contribution in [0.25, 0.3) is 5.76 Å². The van der Waals surface area contributed by atoms with Gasteiger partial charge in [0.25, 0.3) is 11.7 Å². The molecule has 0 aliphatic carbocycles. The third kappa shape index (κ3) is 4.38. The quantitative estimate of drug-likeness (QED) is 0.315. The van der Waals surface area contributed by atoms with Gasteiger partial charge in [-0.05, 0) is 45.6 Å². The van der Waals surface area contributed by atoms with E-state index >= 15 is 0 Å². The van der Waals surface area contributed by atoms with E-state index in [4.69, 9.17) is 4.74 Å². The number of aliphatic hydroxyl groups excluding tert-OH is 1. The molecule has 1 fully saturated rings. The highest BCUT2D eigenvalue weighted by molar-refractivity contribution is 6.46. The van der Waals surface area contributed by atoms with Gasteiger partial charge in [0.05, 0.1) is 35.5 Å². The number of ether oxygens (including phenoxy) is 1. The van der Waals surface area contributed by atoms with E-state index < -0.39 is 23.7 Å². The van der Waals surface area contributed by atoms with Gasteiger partial charge in [0.2, 0.25) is 0 Å². The van der Waals surface area contributed by atoms with Crippen molar-refractivity contribution in [1.82, 2.24) is 19.8 Å². The molecule has 2 heterocycles. The fourth-order valence-corrected chi connectivity index (χ4v) is 3.65. The van der Waals surface area contributed by atoms with Gasteiger partial charge in [-0.25, -0.2) is 14.8 Å². The maximum Gasteiger partial charge on any atom is 0.337 e. The van der Waals surface area contributed by atoms with Crippen LogP contribution >= 0.6 is 0 Å². The number of likely N-dealkylation sites (N-methyl/N-ethyl adjacent to an activating group) is 1. The number of likely N-dealkylation sites (tertiary alicyclic amines) is 1. The highest BCUT2D eigenvalue weighted by atomic mass is 16.5. The maximum absolute atomic E-state index is 13.0. The second kappa shape index (κ2) is 9.27. The van der Waals surface area contributed by atoms with E-state index in [0.29, 0.717) is 29.2 Å². The topological polar surface area (TPSA) is 113 Å². The van der Waals surface area contributed by atoms with Crippen LogP contribution in [0.3, 0.4) is 0 Å². The first-order valence-electron chi connectivity index (χ1n) is 10.1. The van der Waals surface area contributed by atoms with Crippen LogP contribution in [-0.4, -0.2) is 76.8 Å². The fourth-order valence-electron chi connectivity index (χ4n) is 3.65. The summed E-state index contributed by atoms with van der Waals surface area (Å²) in [5, 5.41) is 11.1. The Hall–Kier alpha value is -3.59. The number of aromatic nitrogens is 2. The van der Waals surface area contributed by atoms with Gasteiger partial charge < -0.3 is 19.6 Å². The number of hydrogen-bond acceptors (Lipinski definition) is 8. The zero-order chi connectivity index (χ0) is 23.6. The van der Waals surface area contributed by atoms with Crippen LogP contribution in [0.4, 0.5) is 0 Å². The number of carbonyl (C=O) groups excluding carboxylic acids is 3. The normalized spacial score (nSPS) is 17.8. The number of hydrogen-bond donors (Lipinski definition) is 1. The van der Waals surface area contributed by atoms with E-state index in [1.807, 2.05) is 19.0 Å². The molecule has 1 aliphatic heterocycles. The van der Waals surface area contributed by atoms with E-state index in [1.54, 1.807) is 38.1 Å². The number of rotatable bonds is 6. The van der Waals surface area contributed by atoms with Gasteiger partial charge in [0.15, 0.2) is 0 Å². The molecule has 1 aromatic carbocycles. The van der Waals surface area contributed by atoms with Crippen LogP contribution < -0.4 is 0 Å². The number of nitrogens with zero attached hydrogens (tertiary/aromatic N) is 4. The van der Waals surface area contributed by atoms with Crippen molar-refractivity contribution in [3.05, 3.63) is 64.2 Å². The lowest BCUT2D eigenvalue weighted by atomic mass is 9.94. The van der Waals surface area contributed by atoms with Gasteiger partial charge >= 0.3 is 5.97 Å². The van der Waals surface area contributed by atoms with Gasteiger partial charge in [-0.1, -0.05) is 12.1 Å². The molecule has 0 bridgehead atoms. The number of benzene rings is 1. The highest BCUT2D eigenvalue weighted by Crippen LogP contribution is 2.39. The minimum Gasteiger partial charge on any atom is -0.507 e. The second-order valence-electron chi connectivity index (χ2n) is 7.83. The molecule has 0 spiro atoms. The summed E-state index contributed by atoms with van der Waals surface area (Å²) in [6.45, 7) is 4.23. The van der Waals surface area contributed by atoms with Crippen LogP contribution in [-0.2, 0) is 14.3 Å². The number of amides is 1.